The van der Waals surface area contributed by atoms with E-state index in [4.69, 9.17) is 5.26 Å². The maximum atomic E-state index is 11.6. The largest absolute Gasteiger partial charge is 0.326 e. The maximum Gasteiger partial charge on any atom is 0.229 e. The van der Waals surface area contributed by atoms with E-state index in [1.807, 2.05) is 26.8 Å². The van der Waals surface area contributed by atoms with E-state index in [1.54, 1.807) is 24.3 Å². The fourth-order valence-corrected chi connectivity index (χ4v) is 0.985. The van der Waals surface area contributed by atoms with Crippen LogP contribution in [0.2, 0.25) is 0 Å². The van der Waals surface area contributed by atoms with E-state index in [0.29, 0.717) is 11.3 Å². The molecule has 0 saturated heterocycles. The zero-order valence-corrected chi connectivity index (χ0v) is 9.16. The molecule has 1 amide bonds. The van der Waals surface area contributed by atoms with Crippen LogP contribution >= 0.6 is 0 Å². The summed E-state index contributed by atoms with van der Waals surface area (Å²) in [6.45, 7) is 5.53. The van der Waals surface area contributed by atoms with E-state index in [1.165, 1.54) is 0 Å². The van der Waals surface area contributed by atoms with Crippen molar-refractivity contribution in [2.75, 3.05) is 5.32 Å². The van der Waals surface area contributed by atoms with Gasteiger partial charge in [-0.3, -0.25) is 4.79 Å². The van der Waals surface area contributed by atoms with Gasteiger partial charge in [0.05, 0.1) is 11.6 Å². The molecule has 3 nitrogen and oxygen atoms in total. The molecule has 0 unspecified atom stereocenters. The van der Waals surface area contributed by atoms with Gasteiger partial charge in [-0.1, -0.05) is 26.8 Å². The molecule has 0 aromatic heterocycles. The van der Waals surface area contributed by atoms with E-state index in [0.717, 1.165) is 0 Å². The molecule has 0 aliphatic carbocycles. The highest BCUT2D eigenvalue weighted by Gasteiger charge is 2.20. The fraction of sp³-hybridized carbons (Fsp3) is 0.333. The summed E-state index contributed by atoms with van der Waals surface area (Å²) in [5.74, 6) is -0.0578. The van der Waals surface area contributed by atoms with Crippen molar-refractivity contribution in [2.24, 2.45) is 5.41 Å². The Morgan fingerprint density at radius 3 is 2.60 bits per heavy atom. The lowest BCUT2D eigenvalue weighted by Gasteiger charge is -2.17. The Kier molecular flexibility index (Phi) is 3.11. The van der Waals surface area contributed by atoms with E-state index in [9.17, 15) is 4.79 Å². The SMILES string of the molecule is CC(C)(C)C(=O)Nc1cccc(C#N)c1. The smallest absolute Gasteiger partial charge is 0.229 e. The van der Waals surface area contributed by atoms with Gasteiger partial charge in [0.2, 0.25) is 5.91 Å². The molecule has 0 radical (unpaired) electrons. The number of amides is 1. The molecule has 0 fully saturated rings. The molecule has 1 rings (SSSR count). The molecule has 0 atom stereocenters. The molecule has 0 aliphatic heterocycles. The first-order chi connectivity index (χ1) is 6.93. The zero-order chi connectivity index (χ0) is 11.5. The van der Waals surface area contributed by atoms with Crippen molar-refractivity contribution in [3.05, 3.63) is 29.8 Å². The minimum Gasteiger partial charge on any atom is -0.326 e. The molecule has 0 bridgehead atoms. The van der Waals surface area contributed by atoms with Crippen LogP contribution in [0, 0.1) is 16.7 Å². The fourth-order valence-electron chi connectivity index (χ4n) is 0.985. The number of benzene rings is 1. The van der Waals surface area contributed by atoms with Crippen molar-refractivity contribution in [1.82, 2.24) is 0 Å². The number of rotatable bonds is 1. The van der Waals surface area contributed by atoms with Crippen LogP contribution in [-0.4, -0.2) is 5.91 Å². The van der Waals surface area contributed by atoms with Crippen LogP contribution in [-0.2, 0) is 4.79 Å². The molecule has 0 spiro atoms. The summed E-state index contributed by atoms with van der Waals surface area (Å²) in [5, 5.41) is 11.5. The quantitative estimate of drug-likeness (QED) is 0.760. The van der Waals surface area contributed by atoms with Gasteiger partial charge < -0.3 is 5.32 Å². The van der Waals surface area contributed by atoms with Gasteiger partial charge in [0, 0.05) is 11.1 Å². The average Bonchev–Trinajstić information content (AvgIpc) is 2.16. The Labute approximate surface area is 89.7 Å². The Bertz CT molecular complexity index is 410. The van der Waals surface area contributed by atoms with Gasteiger partial charge in [-0.2, -0.15) is 5.26 Å². The lowest BCUT2D eigenvalue weighted by molar-refractivity contribution is -0.123. The molecule has 0 aliphatic rings. The first-order valence-electron chi connectivity index (χ1n) is 4.75. The molecule has 1 N–H and O–H groups in total. The molecular weight excluding hydrogens is 188 g/mol. The van der Waals surface area contributed by atoms with Crippen LogP contribution in [0.5, 0.6) is 0 Å². The summed E-state index contributed by atoms with van der Waals surface area (Å²) in [5.41, 5.74) is 0.776. The normalized spacial score (nSPS) is 10.5. The van der Waals surface area contributed by atoms with Crippen LogP contribution in [0.15, 0.2) is 24.3 Å². The summed E-state index contributed by atoms with van der Waals surface area (Å²) >= 11 is 0. The van der Waals surface area contributed by atoms with Gasteiger partial charge in [-0.05, 0) is 18.2 Å². The molecule has 0 saturated carbocycles. The summed E-state index contributed by atoms with van der Waals surface area (Å²) < 4.78 is 0. The van der Waals surface area contributed by atoms with Crippen LogP contribution in [0.1, 0.15) is 26.3 Å². The van der Waals surface area contributed by atoms with Crippen molar-refractivity contribution in [1.29, 1.82) is 5.26 Å². The van der Waals surface area contributed by atoms with Crippen LogP contribution < -0.4 is 5.32 Å². The number of nitrogens with zero attached hydrogens (tertiary/aromatic N) is 1. The van der Waals surface area contributed by atoms with Crippen molar-refractivity contribution in [2.45, 2.75) is 20.8 Å². The molecule has 78 valence electrons. The number of carbonyl (C=O) groups excluding carboxylic acids is 1. The van der Waals surface area contributed by atoms with Crippen LogP contribution in [0.25, 0.3) is 0 Å². The van der Waals surface area contributed by atoms with E-state index in [2.05, 4.69) is 5.32 Å². The molecule has 1 aromatic carbocycles. The van der Waals surface area contributed by atoms with Crippen molar-refractivity contribution in [3.8, 4) is 6.07 Å². The minimum atomic E-state index is -0.428. The standard InChI is InChI=1S/C12H14N2O/c1-12(2,3)11(15)14-10-6-4-5-9(7-10)8-13/h4-7H,1-3H3,(H,14,15). The second kappa shape index (κ2) is 4.14. The summed E-state index contributed by atoms with van der Waals surface area (Å²) in [4.78, 5) is 11.6. The van der Waals surface area contributed by atoms with Crippen LogP contribution in [0.3, 0.4) is 0 Å². The van der Waals surface area contributed by atoms with Gasteiger partial charge in [-0.15, -0.1) is 0 Å². The second-order valence-electron chi connectivity index (χ2n) is 4.40. The van der Waals surface area contributed by atoms with Crippen molar-refractivity contribution in [3.63, 3.8) is 0 Å². The highest BCUT2D eigenvalue weighted by atomic mass is 16.2. The number of carbonyl (C=O) groups is 1. The zero-order valence-electron chi connectivity index (χ0n) is 9.16. The molecule has 15 heavy (non-hydrogen) atoms. The number of hydrogen-bond acceptors (Lipinski definition) is 2. The van der Waals surface area contributed by atoms with Gasteiger partial charge in [0.1, 0.15) is 0 Å². The molecule has 3 heteroatoms. The number of hydrogen-bond donors (Lipinski definition) is 1. The summed E-state index contributed by atoms with van der Waals surface area (Å²) in [6, 6.07) is 8.90. The van der Waals surface area contributed by atoms with E-state index < -0.39 is 5.41 Å². The van der Waals surface area contributed by atoms with Crippen molar-refractivity contribution >= 4 is 11.6 Å². The van der Waals surface area contributed by atoms with Gasteiger partial charge >= 0.3 is 0 Å². The van der Waals surface area contributed by atoms with Gasteiger partial charge in [0.15, 0.2) is 0 Å². The predicted molar refractivity (Wildman–Crippen MR) is 59.2 cm³/mol. The Balaban J connectivity index is 2.83. The lowest BCUT2D eigenvalue weighted by atomic mass is 9.95. The third kappa shape index (κ3) is 3.10. The Morgan fingerprint density at radius 1 is 1.40 bits per heavy atom. The molecule has 0 heterocycles. The third-order valence-corrected chi connectivity index (χ3v) is 1.93. The number of nitrogens with one attached hydrogen (secondary N) is 1. The number of nitriles is 1. The topological polar surface area (TPSA) is 52.9 Å². The first-order valence-corrected chi connectivity index (χ1v) is 4.75. The highest BCUT2D eigenvalue weighted by Crippen LogP contribution is 2.17. The van der Waals surface area contributed by atoms with Gasteiger partial charge in [0.25, 0.3) is 0 Å². The van der Waals surface area contributed by atoms with Gasteiger partial charge in [-0.25, -0.2) is 0 Å². The number of anilines is 1. The Morgan fingerprint density at radius 2 is 2.07 bits per heavy atom. The lowest BCUT2D eigenvalue weighted by Crippen LogP contribution is -2.27. The van der Waals surface area contributed by atoms with Crippen LogP contribution in [0.4, 0.5) is 5.69 Å². The average molecular weight is 202 g/mol. The van der Waals surface area contributed by atoms with E-state index >= 15 is 0 Å². The molecular formula is C12H14N2O. The Hall–Kier alpha value is -1.82. The third-order valence-electron chi connectivity index (χ3n) is 1.93. The predicted octanol–water partition coefficient (Wildman–Crippen LogP) is 2.54. The minimum absolute atomic E-state index is 0.0578. The first kappa shape index (κ1) is 11.3. The highest BCUT2D eigenvalue weighted by molar-refractivity contribution is 5.94. The van der Waals surface area contributed by atoms with E-state index in [-0.39, 0.29) is 5.91 Å². The molecule has 1 aromatic rings. The maximum absolute atomic E-state index is 11.6. The monoisotopic (exact) mass is 202 g/mol. The van der Waals surface area contributed by atoms with Crippen molar-refractivity contribution < 1.29 is 4.79 Å². The summed E-state index contributed by atoms with van der Waals surface area (Å²) in [7, 11) is 0. The second-order valence-corrected chi connectivity index (χ2v) is 4.40. The summed E-state index contributed by atoms with van der Waals surface area (Å²) in [6.07, 6.45) is 0.